The van der Waals surface area contributed by atoms with Crippen LogP contribution in [0.25, 0.3) is 22.4 Å². The molecular weight excluding hydrogens is 295 g/mol. The molecule has 0 aliphatic rings. The first-order valence-electron chi connectivity index (χ1n) is 7.09. The van der Waals surface area contributed by atoms with Crippen molar-refractivity contribution in [1.82, 2.24) is 20.1 Å². The van der Waals surface area contributed by atoms with Crippen molar-refractivity contribution in [3.05, 3.63) is 60.3 Å². The molecule has 1 aromatic carbocycles. The third-order valence-corrected chi connectivity index (χ3v) is 3.44. The summed E-state index contributed by atoms with van der Waals surface area (Å²) < 4.78 is 14.9. The van der Waals surface area contributed by atoms with Crippen molar-refractivity contribution >= 4 is 6.41 Å². The van der Waals surface area contributed by atoms with Crippen molar-refractivity contribution in [2.75, 3.05) is 0 Å². The largest absolute Gasteiger partial charge is 0.353 e. The van der Waals surface area contributed by atoms with Gasteiger partial charge in [0.05, 0.1) is 12.2 Å². The molecule has 0 spiro atoms. The number of carbonyl (C=O) groups is 1. The summed E-state index contributed by atoms with van der Waals surface area (Å²) in [6, 6.07) is 10.0. The topological polar surface area (TPSA) is 59.8 Å². The zero-order chi connectivity index (χ0) is 16.2. The molecule has 0 aliphatic carbocycles. The van der Waals surface area contributed by atoms with Gasteiger partial charge in [-0.05, 0) is 42.0 Å². The molecule has 23 heavy (non-hydrogen) atoms. The lowest BCUT2D eigenvalue weighted by molar-refractivity contribution is -0.109. The van der Waals surface area contributed by atoms with Crippen molar-refractivity contribution in [1.29, 1.82) is 0 Å². The predicted molar refractivity (Wildman–Crippen MR) is 84.7 cm³/mol. The highest BCUT2D eigenvalue weighted by molar-refractivity contribution is 5.80. The fourth-order valence-corrected chi connectivity index (χ4v) is 2.41. The molecule has 5 nitrogen and oxygen atoms in total. The lowest BCUT2D eigenvalue weighted by Gasteiger charge is -2.05. The van der Waals surface area contributed by atoms with Crippen molar-refractivity contribution in [3.63, 3.8) is 0 Å². The molecule has 0 bridgehead atoms. The minimum atomic E-state index is -0.280. The van der Waals surface area contributed by atoms with Gasteiger partial charge in [0, 0.05) is 30.6 Å². The number of nitrogens with zero attached hydrogens (tertiary/aromatic N) is 3. The Morgan fingerprint density at radius 3 is 2.74 bits per heavy atom. The molecular formula is C17H15FN4O. The molecule has 2 heterocycles. The van der Waals surface area contributed by atoms with E-state index in [4.69, 9.17) is 0 Å². The monoisotopic (exact) mass is 310 g/mol. The number of aromatic nitrogens is 3. The van der Waals surface area contributed by atoms with Crippen LogP contribution in [0.5, 0.6) is 0 Å². The molecule has 3 rings (SSSR count). The Morgan fingerprint density at radius 1 is 1.22 bits per heavy atom. The molecule has 6 heteroatoms. The number of hydrogen-bond acceptors (Lipinski definition) is 3. The Morgan fingerprint density at radius 2 is 2.00 bits per heavy atom. The second-order valence-corrected chi connectivity index (χ2v) is 5.11. The molecule has 116 valence electrons. The normalized spacial score (nSPS) is 10.5. The lowest BCUT2D eigenvalue weighted by atomic mass is 10.0. The highest BCUT2D eigenvalue weighted by Gasteiger charge is 2.13. The van der Waals surface area contributed by atoms with Gasteiger partial charge in [0.2, 0.25) is 6.41 Å². The molecule has 1 amide bonds. The van der Waals surface area contributed by atoms with Gasteiger partial charge < -0.3 is 5.32 Å². The van der Waals surface area contributed by atoms with Crippen LogP contribution in [0.4, 0.5) is 4.39 Å². The average molecular weight is 310 g/mol. The van der Waals surface area contributed by atoms with Gasteiger partial charge in [-0.15, -0.1) is 0 Å². The van der Waals surface area contributed by atoms with Crippen molar-refractivity contribution in [2.24, 2.45) is 7.05 Å². The second-order valence-electron chi connectivity index (χ2n) is 5.11. The molecule has 1 N–H and O–H groups in total. The number of rotatable bonds is 5. The highest BCUT2D eigenvalue weighted by atomic mass is 19.1. The number of aryl methyl sites for hydroxylation is 1. The predicted octanol–water partition coefficient (Wildman–Crippen LogP) is 2.53. The third kappa shape index (κ3) is 3.26. The van der Waals surface area contributed by atoms with Crippen LogP contribution in [0, 0.1) is 5.82 Å². The van der Waals surface area contributed by atoms with Gasteiger partial charge >= 0.3 is 0 Å². The summed E-state index contributed by atoms with van der Waals surface area (Å²) in [5.41, 5.74) is 4.23. The smallest absolute Gasteiger partial charge is 0.207 e. The number of benzene rings is 1. The van der Waals surface area contributed by atoms with Crippen LogP contribution < -0.4 is 5.32 Å². The number of pyridine rings is 1. The van der Waals surface area contributed by atoms with Gasteiger partial charge in [-0.2, -0.15) is 5.10 Å². The van der Waals surface area contributed by atoms with Gasteiger partial charge in [0.25, 0.3) is 0 Å². The lowest BCUT2D eigenvalue weighted by Crippen LogP contribution is -2.10. The summed E-state index contributed by atoms with van der Waals surface area (Å²) in [4.78, 5) is 14.6. The first-order chi connectivity index (χ1) is 11.2. The van der Waals surface area contributed by atoms with E-state index in [1.807, 2.05) is 25.4 Å². The van der Waals surface area contributed by atoms with E-state index >= 15 is 0 Å². The number of nitrogens with one attached hydrogen (secondary N) is 1. The first kappa shape index (κ1) is 14.9. The van der Waals surface area contributed by atoms with Gasteiger partial charge in [-0.3, -0.25) is 14.5 Å². The van der Waals surface area contributed by atoms with Crippen LogP contribution in [0.2, 0.25) is 0 Å². The SMILES string of the molecule is Cn1cc(-c2ccnc(CNC=O)c2)c(-c2ccc(F)cc2)n1. The molecule has 0 saturated carbocycles. The standard InChI is InChI=1S/C17H15FN4O/c1-22-10-16(13-6-7-20-15(8-13)9-19-11-23)17(21-22)12-2-4-14(18)5-3-12/h2-8,10-11H,9H2,1H3,(H,19,23). The fourth-order valence-electron chi connectivity index (χ4n) is 2.41. The molecule has 0 fully saturated rings. The maximum Gasteiger partial charge on any atom is 0.207 e. The average Bonchev–Trinajstić information content (AvgIpc) is 2.96. The zero-order valence-electron chi connectivity index (χ0n) is 12.5. The van der Waals surface area contributed by atoms with Gasteiger partial charge in [0.1, 0.15) is 11.5 Å². The Bertz CT molecular complexity index is 827. The van der Waals surface area contributed by atoms with E-state index in [1.54, 1.807) is 23.0 Å². The summed E-state index contributed by atoms with van der Waals surface area (Å²) in [6.45, 7) is 0.365. The quantitative estimate of drug-likeness (QED) is 0.737. The van der Waals surface area contributed by atoms with Crippen LogP contribution in [0.15, 0.2) is 48.8 Å². The molecule has 0 radical (unpaired) electrons. The zero-order valence-corrected chi connectivity index (χ0v) is 12.5. The van der Waals surface area contributed by atoms with E-state index in [2.05, 4.69) is 15.4 Å². The van der Waals surface area contributed by atoms with E-state index in [-0.39, 0.29) is 5.82 Å². The minimum absolute atomic E-state index is 0.280. The van der Waals surface area contributed by atoms with Crippen LogP contribution >= 0.6 is 0 Å². The number of halogens is 1. The Hall–Kier alpha value is -3.02. The summed E-state index contributed by atoms with van der Waals surface area (Å²) in [7, 11) is 1.84. The van der Waals surface area contributed by atoms with Crippen molar-refractivity contribution < 1.29 is 9.18 Å². The van der Waals surface area contributed by atoms with Crippen LogP contribution in [-0.2, 0) is 18.4 Å². The third-order valence-electron chi connectivity index (χ3n) is 3.44. The number of carbonyl (C=O) groups excluding carboxylic acids is 1. The van der Waals surface area contributed by atoms with Crippen molar-refractivity contribution in [2.45, 2.75) is 6.54 Å². The van der Waals surface area contributed by atoms with Crippen LogP contribution in [0.3, 0.4) is 0 Å². The van der Waals surface area contributed by atoms with E-state index in [9.17, 15) is 9.18 Å². The van der Waals surface area contributed by atoms with Crippen LogP contribution in [0.1, 0.15) is 5.69 Å². The van der Waals surface area contributed by atoms with Gasteiger partial charge in [-0.25, -0.2) is 4.39 Å². The number of amides is 1. The fraction of sp³-hybridized carbons (Fsp3) is 0.118. The van der Waals surface area contributed by atoms with Crippen LogP contribution in [-0.4, -0.2) is 21.2 Å². The van der Waals surface area contributed by atoms with E-state index in [0.717, 1.165) is 28.1 Å². The molecule has 0 unspecified atom stereocenters. The molecule has 0 saturated heterocycles. The van der Waals surface area contributed by atoms with E-state index in [1.165, 1.54) is 12.1 Å². The maximum absolute atomic E-state index is 13.1. The highest BCUT2D eigenvalue weighted by Crippen LogP contribution is 2.31. The summed E-state index contributed by atoms with van der Waals surface area (Å²) in [5.74, 6) is -0.280. The summed E-state index contributed by atoms with van der Waals surface area (Å²) in [5, 5.41) is 7.08. The molecule has 0 atom stereocenters. The molecule has 3 aromatic rings. The van der Waals surface area contributed by atoms with Gasteiger partial charge in [-0.1, -0.05) is 0 Å². The Kier molecular flexibility index (Phi) is 4.14. The number of hydrogen-bond donors (Lipinski definition) is 1. The summed E-state index contributed by atoms with van der Waals surface area (Å²) in [6.07, 6.45) is 4.24. The second kappa shape index (κ2) is 6.39. The molecule has 0 aliphatic heterocycles. The summed E-state index contributed by atoms with van der Waals surface area (Å²) >= 11 is 0. The Labute approximate surface area is 132 Å². The van der Waals surface area contributed by atoms with E-state index < -0.39 is 0 Å². The minimum Gasteiger partial charge on any atom is -0.353 e. The molecule has 2 aromatic heterocycles. The van der Waals surface area contributed by atoms with Crippen molar-refractivity contribution in [3.8, 4) is 22.4 Å². The maximum atomic E-state index is 13.1. The van der Waals surface area contributed by atoms with E-state index in [0.29, 0.717) is 13.0 Å². The van der Waals surface area contributed by atoms with Gasteiger partial charge in [0.15, 0.2) is 0 Å². The Balaban J connectivity index is 2.03. The first-order valence-corrected chi connectivity index (χ1v) is 7.09.